The molecule has 41 heavy (non-hydrogen) atoms. The first-order chi connectivity index (χ1) is 19.6. The van der Waals surface area contributed by atoms with E-state index in [-0.39, 0.29) is 18.2 Å². The number of anilines is 1. The molecule has 1 aliphatic rings. The molecule has 0 fully saturated rings. The summed E-state index contributed by atoms with van der Waals surface area (Å²) in [6, 6.07) is 20.7. The second-order valence-electron chi connectivity index (χ2n) is 11.0. The number of amides is 2. The van der Waals surface area contributed by atoms with Gasteiger partial charge in [0, 0.05) is 45.2 Å². The Morgan fingerprint density at radius 2 is 1.85 bits per heavy atom. The third-order valence-corrected chi connectivity index (χ3v) is 7.93. The number of nitrogens with zero attached hydrogens (tertiary/aromatic N) is 4. The van der Waals surface area contributed by atoms with Crippen LogP contribution in [-0.2, 0) is 33.4 Å². The lowest BCUT2D eigenvalue weighted by Gasteiger charge is -2.27. The van der Waals surface area contributed by atoms with Gasteiger partial charge in [0.2, 0.25) is 17.6 Å². The van der Waals surface area contributed by atoms with Crippen LogP contribution in [-0.4, -0.2) is 54.5 Å². The largest absolute Gasteiger partial charge is 0.344 e. The van der Waals surface area contributed by atoms with Crippen molar-refractivity contribution in [2.45, 2.75) is 56.1 Å². The van der Waals surface area contributed by atoms with Crippen LogP contribution in [0.5, 0.6) is 0 Å². The van der Waals surface area contributed by atoms with E-state index in [4.69, 9.17) is 5.73 Å². The molecule has 4 N–H and O–H groups in total. The average molecular weight is 572 g/mol. The summed E-state index contributed by atoms with van der Waals surface area (Å²) < 4.78 is 12.2. The van der Waals surface area contributed by atoms with E-state index in [0.717, 1.165) is 33.5 Å². The lowest BCUT2D eigenvalue weighted by Crippen LogP contribution is -2.49. The van der Waals surface area contributed by atoms with Crippen molar-refractivity contribution in [3.8, 4) is 22.5 Å². The first-order valence-electron chi connectivity index (χ1n) is 13.4. The van der Waals surface area contributed by atoms with Crippen LogP contribution in [0.1, 0.15) is 37.8 Å². The van der Waals surface area contributed by atoms with Crippen LogP contribution in [0, 0.1) is 0 Å². The van der Waals surface area contributed by atoms with Crippen LogP contribution in [0.25, 0.3) is 22.5 Å². The van der Waals surface area contributed by atoms with Gasteiger partial charge in [-0.15, -0.1) is 10.2 Å². The van der Waals surface area contributed by atoms with Gasteiger partial charge in [-0.1, -0.05) is 48.5 Å². The van der Waals surface area contributed by atoms with Gasteiger partial charge in [-0.3, -0.25) is 13.8 Å². The maximum atomic E-state index is 13.9. The molecule has 0 saturated carbocycles. The molecule has 0 bridgehead atoms. The number of hydrogen-bond donors (Lipinski definition) is 3. The van der Waals surface area contributed by atoms with E-state index in [9.17, 15) is 13.8 Å². The number of tetrazole rings is 1. The molecule has 2 amide bonds. The topological polar surface area (TPSA) is 147 Å². The highest BCUT2D eigenvalue weighted by Gasteiger charge is 2.32. The van der Waals surface area contributed by atoms with Crippen LogP contribution in [0.15, 0.2) is 71.6 Å². The van der Waals surface area contributed by atoms with Crippen molar-refractivity contribution in [3.63, 3.8) is 0 Å². The summed E-state index contributed by atoms with van der Waals surface area (Å²) in [4.78, 5) is 29.0. The molecule has 4 aromatic rings. The Morgan fingerprint density at radius 1 is 1.12 bits per heavy atom. The highest BCUT2D eigenvalue weighted by atomic mass is 32.2. The van der Waals surface area contributed by atoms with E-state index in [1.54, 1.807) is 31.1 Å². The fourth-order valence-corrected chi connectivity index (χ4v) is 5.64. The molecule has 1 aromatic heterocycles. The number of hydrogen-bond acceptors (Lipinski definition) is 7. The molecule has 2 heterocycles. The van der Waals surface area contributed by atoms with Crippen LogP contribution in [0.4, 0.5) is 5.69 Å². The summed E-state index contributed by atoms with van der Waals surface area (Å²) in [6.45, 7) is 3.86. The second-order valence-corrected chi connectivity index (χ2v) is 12.4. The minimum absolute atomic E-state index is 0.107. The average Bonchev–Trinajstić information content (AvgIpc) is 3.44. The van der Waals surface area contributed by atoms with Gasteiger partial charge in [-0.25, -0.2) is 0 Å². The van der Waals surface area contributed by atoms with Crippen LogP contribution >= 0.6 is 0 Å². The molecule has 1 aliphatic heterocycles. The SMILES string of the molecule is CS(=O)c1ccc2c(c1)CC[C@@H](NC(=O)CC(C)(C)N)C(=O)N2Cc1ccc(-c2ccccc2-c2nn[nH]n2)cc1. The van der Waals surface area contributed by atoms with Gasteiger partial charge in [-0.2, -0.15) is 5.21 Å². The number of H-pyrrole nitrogens is 1. The van der Waals surface area contributed by atoms with Crippen LogP contribution in [0.2, 0.25) is 0 Å². The van der Waals surface area contributed by atoms with E-state index in [0.29, 0.717) is 30.1 Å². The van der Waals surface area contributed by atoms with Crippen molar-refractivity contribution < 1.29 is 13.8 Å². The lowest BCUT2D eigenvalue weighted by atomic mass is 9.98. The number of carbonyl (C=O) groups excluding carboxylic acids is 2. The third-order valence-electron chi connectivity index (χ3n) is 7.01. The smallest absolute Gasteiger partial charge is 0.249 e. The number of aryl methyl sites for hydroxylation is 1. The molecule has 5 rings (SSSR count). The van der Waals surface area contributed by atoms with Crippen molar-refractivity contribution in [1.29, 1.82) is 0 Å². The Labute approximate surface area is 241 Å². The number of aromatic nitrogens is 4. The Bertz CT molecular complexity index is 1580. The van der Waals surface area contributed by atoms with Gasteiger partial charge < -0.3 is 16.0 Å². The Balaban J connectivity index is 1.44. The van der Waals surface area contributed by atoms with Crippen molar-refractivity contribution in [2.75, 3.05) is 11.2 Å². The summed E-state index contributed by atoms with van der Waals surface area (Å²) in [7, 11) is -1.16. The zero-order valence-electron chi connectivity index (χ0n) is 23.3. The van der Waals surface area contributed by atoms with Crippen LogP contribution in [0.3, 0.4) is 0 Å². The Kier molecular flexibility index (Phi) is 8.09. The molecule has 1 unspecified atom stereocenters. The van der Waals surface area contributed by atoms with Crippen molar-refractivity contribution >= 4 is 28.3 Å². The predicted octanol–water partition coefficient (Wildman–Crippen LogP) is 3.36. The van der Waals surface area contributed by atoms with Crippen molar-refractivity contribution in [3.05, 3.63) is 77.9 Å². The molecule has 3 aromatic carbocycles. The van der Waals surface area contributed by atoms with E-state index < -0.39 is 22.4 Å². The summed E-state index contributed by atoms with van der Waals surface area (Å²) in [5.74, 6) is 0.0560. The van der Waals surface area contributed by atoms with Gasteiger partial charge in [0.15, 0.2) is 0 Å². The number of benzene rings is 3. The quantitative estimate of drug-likeness (QED) is 0.294. The van der Waals surface area contributed by atoms with Gasteiger partial charge in [0.1, 0.15) is 6.04 Å². The monoisotopic (exact) mass is 571 g/mol. The van der Waals surface area contributed by atoms with E-state index in [2.05, 4.69) is 25.9 Å². The Hall–Kier alpha value is -4.22. The normalized spacial score (nSPS) is 16.1. The van der Waals surface area contributed by atoms with Gasteiger partial charge in [0.25, 0.3) is 0 Å². The third kappa shape index (κ3) is 6.58. The molecule has 2 atom stereocenters. The Morgan fingerprint density at radius 3 is 2.51 bits per heavy atom. The maximum absolute atomic E-state index is 13.9. The standard InChI is InChI=1S/C30H33N7O3S/c1-30(2,31)17-27(38)32-25-14-12-21-16-22(41(3)40)13-15-26(21)37(29(25)39)18-19-8-10-20(11-9-19)23-6-4-5-7-24(23)28-33-35-36-34-28/h4-11,13,15-16,25H,12,14,17-18,31H2,1-3H3,(H,32,38)(H,33,34,35,36)/t25-,41?/m1/s1. The highest BCUT2D eigenvalue weighted by Crippen LogP contribution is 2.32. The number of rotatable bonds is 8. The molecular formula is C30H33N7O3S. The zero-order chi connectivity index (χ0) is 29.1. The molecule has 11 heteroatoms. The minimum Gasteiger partial charge on any atom is -0.344 e. The van der Waals surface area contributed by atoms with Crippen LogP contribution < -0.4 is 16.0 Å². The minimum atomic E-state index is -1.16. The molecule has 212 valence electrons. The predicted molar refractivity (Wildman–Crippen MR) is 158 cm³/mol. The summed E-state index contributed by atoms with van der Waals surface area (Å²) >= 11 is 0. The summed E-state index contributed by atoms with van der Waals surface area (Å²) in [5, 5.41) is 17.3. The first-order valence-corrected chi connectivity index (χ1v) is 14.9. The summed E-state index contributed by atoms with van der Waals surface area (Å²) in [6.07, 6.45) is 2.74. The second kappa shape index (κ2) is 11.7. The number of aromatic amines is 1. The maximum Gasteiger partial charge on any atom is 0.249 e. The number of carbonyl (C=O) groups is 2. The number of nitrogens with two attached hydrogens (primary N) is 1. The van der Waals surface area contributed by atoms with E-state index >= 15 is 0 Å². The molecular weight excluding hydrogens is 538 g/mol. The fourth-order valence-electron chi connectivity index (χ4n) is 5.07. The molecule has 0 saturated heterocycles. The summed E-state index contributed by atoms with van der Waals surface area (Å²) in [5.41, 5.74) is 10.7. The molecule has 0 spiro atoms. The number of fused-ring (bicyclic) bond motifs is 1. The number of nitrogens with one attached hydrogen (secondary N) is 2. The van der Waals surface area contributed by atoms with E-state index in [1.165, 1.54) is 0 Å². The van der Waals surface area contributed by atoms with Gasteiger partial charge in [0.05, 0.1) is 6.54 Å². The zero-order valence-corrected chi connectivity index (χ0v) is 24.1. The van der Waals surface area contributed by atoms with Gasteiger partial charge >= 0.3 is 0 Å². The van der Waals surface area contributed by atoms with Gasteiger partial charge in [-0.05, 0) is 72.4 Å². The molecule has 0 aliphatic carbocycles. The van der Waals surface area contributed by atoms with Crippen molar-refractivity contribution in [1.82, 2.24) is 25.9 Å². The first kappa shape index (κ1) is 28.3. The highest BCUT2D eigenvalue weighted by molar-refractivity contribution is 7.84. The van der Waals surface area contributed by atoms with E-state index in [1.807, 2.05) is 60.7 Å². The molecule has 10 nitrogen and oxygen atoms in total. The fraction of sp³-hybridized carbons (Fsp3) is 0.300. The van der Waals surface area contributed by atoms with Crippen molar-refractivity contribution in [2.24, 2.45) is 5.73 Å². The molecule has 0 radical (unpaired) electrons. The lowest BCUT2D eigenvalue weighted by molar-refractivity contribution is -0.128.